The molecule has 0 bridgehead atoms. The van der Waals surface area contributed by atoms with Gasteiger partial charge in [0, 0.05) is 43.6 Å². The van der Waals surface area contributed by atoms with E-state index in [1.54, 1.807) is 14.2 Å². The lowest BCUT2D eigenvalue weighted by Crippen LogP contribution is -2.34. The molecule has 0 aliphatic carbocycles. The maximum Gasteiger partial charge on any atom is 0.197 e. The molecule has 4 nitrogen and oxygen atoms in total. The maximum atomic E-state index is 5.35. The number of ether oxygens (including phenoxy) is 2. The van der Waals surface area contributed by atoms with Crippen molar-refractivity contribution < 1.29 is 9.47 Å². The Morgan fingerprint density at radius 1 is 1.37 bits per heavy atom. The van der Waals surface area contributed by atoms with Gasteiger partial charge in [-0.1, -0.05) is 13.8 Å². The van der Waals surface area contributed by atoms with Crippen LogP contribution in [0.5, 0.6) is 0 Å². The minimum atomic E-state index is -0.371. The fourth-order valence-electron chi connectivity index (χ4n) is 2.47. The molecule has 0 saturated carbocycles. The number of hydrogen-bond donors (Lipinski definition) is 1. The van der Waals surface area contributed by atoms with Crippen LogP contribution < -0.4 is 0 Å². The topological polar surface area (TPSA) is 46.6 Å². The smallest absolute Gasteiger partial charge is 0.197 e. The van der Waals surface area contributed by atoms with Crippen LogP contribution in [0.1, 0.15) is 32.9 Å². The highest BCUT2D eigenvalue weighted by Gasteiger charge is 2.38. The number of allylic oxidation sites excluding steroid dienone is 2. The summed E-state index contributed by atoms with van der Waals surface area (Å²) in [5, 5.41) is 0. The average molecular weight is 262 g/mol. The molecule has 0 saturated heterocycles. The van der Waals surface area contributed by atoms with Gasteiger partial charge in [-0.15, -0.1) is 0 Å². The number of hydrogen-bond acceptors (Lipinski definition) is 3. The van der Waals surface area contributed by atoms with Crippen LogP contribution in [0, 0.1) is 5.41 Å². The third-order valence-electron chi connectivity index (χ3n) is 3.64. The Labute approximate surface area is 114 Å². The molecule has 104 valence electrons. The molecule has 1 aromatic heterocycles. The number of nitrogens with zero attached hydrogens (tertiary/aromatic N) is 1. The van der Waals surface area contributed by atoms with Crippen molar-refractivity contribution >= 4 is 11.3 Å². The second-order valence-corrected chi connectivity index (χ2v) is 5.52. The van der Waals surface area contributed by atoms with Crippen LogP contribution in [0.25, 0.3) is 5.57 Å². The molecule has 2 rings (SSSR count). The Morgan fingerprint density at radius 3 is 2.58 bits per heavy atom. The Bertz CT molecular complexity index is 494. The van der Waals surface area contributed by atoms with Crippen molar-refractivity contribution in [3.63, 3.8) is 0 Å². The fourth-order valence-corrected chi connectivity index (χ4v) is 2.47. The summed E-state index contributed by atoms with van der Waals surface area (Å²) in [6.45, 7) is 6.44. The van der Waals surface area contributed by atoms with Gasteiger partial charge in [0.2, 0.25) is 0 Å². The summed E-state index contributed by atoms with van der Waals surface area (Å²) in [6, 6.07) is 4.06. The van der Waals surface area contributed by atoms with Gasteiger partial charge in [0.1, 0.15) is 0 Å². The number of rotatable bonds is 4. The van der Waals surface area contributed by atoms with Gasteiger partial charge in [-0.05, 0) is 24.6 Å². The zero-order valence-corrected chi connectivity index (χ0v) is 12.3. The monoisotopic (exact) mass is 262 g/mol. The summed E-state index contributed by atoms with van der Waals surface area (Å²) in [6.07, 6.45) is 2.46. The first-order chi connectivity index (χ1) is 8.99. The third-order valence-corrected chi connectivity index (χ3v) is 3.64. The highest BCUT2D eigenvalue weighted by atomic mass is 16.7. The molecule has 0 radical (unpaired) electrons. The summed E-state index contributed by atoms with van der Waals surface area (Å²) >= 11 is 0. The van der Waals surface area contributed by atoms with Crippen LogP contribution in [0.2, 0.25) is 0 Å². The number of H-pyrrole nitrogens is 1. The largest absolute Gasteiger partial charge is 0.361 e. The Morgan fingerprint density at radius 2 is 2.05 bits per heavy atom. The second-order valence-electron chi connectivity index (χ2n) is 5.52. The molecule has 0 unspecified atom stereocenters. The Balaban J connectivity index is 2.39. The van der Waals surface area contributed by atoms with E-state index in [2.05, 4.69) is 31.8 Å². The van der Waals surface area contributed by atoms with Gasteiger partial charge in [-0.25, -0.2) is 0 Å². The van der Waals surface area contributed by atoms with Crippen molar-refractivity contribution in [3.05, 3.63) is 29.7 Å². The maximum absolute atomic E-state index is 5.35. The fraction of sp³-hybridized carbons (Fsp3) is 0.533. The quantitative estimate of drug-likeness (QED) is 0.847. The van der Waals surface area contributed by atoms with Crippen molar-refractivity contribution in [2.24, 2.45) is 10.4 Å². The van der Waals surface area contributed by atoms with E-state index >= 15 is 0 Å². The van der Waals surface area contributed by atoms with E-state index in [0.29, 0.717) is 0 Å². The number of methoxy groups -OCH3 is 2. The van der Waals surface area contributed by atoms with Crippen LogP contribution in [0.15, 0.2) is 29.0 Å². The predicted octanol–water partition coefficient (Wildman–Crippen LogP) is 3.24. The van der Waals surface area contributed by atoms with Crippen LogP contribution >= 0.6 is 0 Å². The van der Waals surface area contributed by atoms with Gasteiger partial charge in [-0.2, -0.15) is 0 Å². The number of aliphatic imine (C=N–C) groups is 1. The van der Waals surface area contributed by atoms with E-state index in [1.165, 1.54) is 5.57 Å². The molecule has 4 heteroatoms. The molecule has 0 atom stereocenters. The summed E-state index contributed by atoms with van der Waals surface area (Å²) in [4.78, 5) is 7.99. The molecule has 1 aliphatic rings. The van der Waals surface area contributed by atoms with Crippen molar-refractivity contribution in [3.8, 4) is 0 Å². The van der Waals surface area contributed by atoms with E-state index in [9.17, 15) is 0 Å². The zero-order valence-electron chi connectivity index (χ0n) is 12.3. The van der Waals surface area contributed by atoms with Crippen LogP contribution in [0.4, 0.5) is 0 Å². The lowest BCUT2D eigenvalue weighted by atomic mass is 9.84. The average Bonchev–Trinajstić information content (AvgIpc) is 2.99. The van der Waals surface area contributed by atoms with E-state index < -0.39 is 0 Å². The molecule has 0 aromatic carbocycles. The second kappa shape index (κ2) is 5.31. The summed E-state index contributed by atoms with van der Waals surface area (Å²) in [5.74, 6) is 0. The van der Waals surface area contributed by atoms with Crippen molar-refractivity contribution in [2.45, 2.75) is 33.5 Å². The summed E-state index contributed by atoms with van der Waals surface area (Å²) in [7, 11) is 3.29. The van der Waals surface area contributed by atoms with E-state index in [-0.39, 0.29) is 11.7 Å². The molecule has 1 N–H and O–H groups in total. The number of nitrogens with one attached hydrogen (secondary N) is 1. The van der Waals surface area contributed by atoms with E-state index in [1.807, 2.05) is 12.3 Å². The Hall–Kier alpha value is -1.39. The SMILES string of the molecule is COC(OC)C1=N/C(=C(/C)c2ccc[nH]2)CC1(C)C. The first-order valence-corrected chi connectivity index (χ1v) is 6.47. The van der Waals surface area contributed by atoms with Gasteiger partial charge in [0.15, 0.2) is 6.29 Å². The van der Waals surface area contributed by atoms with Gasteiger partial charge in [-0.3, -0.25) is 4.99 Å². The molecule has 1 aromatic rings. The molecule has 1 aliphatic heterocycles. The zero-order chi connectivity index (χ0) is 14.0. The summed E-state index contributed by atoms with van der Waals surface area (Å²) < 4.78 is 10.7. The minimum Gasteiger partial charge on any atom is -0.361 e. The third kappa shape index (κ3) is 2.65. The molecular weight excluding hydrogens is 240 g/mol. The van der Waals surface area contributed by atoms with E-state index in [4.69, 9.17) is 14.5 Å². The van der Waals surface area contributed by atoms with Crippen molar-refractivity contribution in [1.29, 1.82) is 0 Å². The van der Waals surface area contributed by atoms with Gasteiger partial charge >= 0.3 is 0 Å². The molecule has 2 heterocycles. The highest BCUT2D eigenvalue weighted by Crippen LogP contribution is 2.39. The molecule has 19 heavy (non-hydrogen) atoms. The van der Waals surface area contributed by atoms with Crippen molar-refractivity contribution in [1.82, 2.24) is 4.98 Å². The van der Waals surface area contributed by atoms with Gasteiger partial charge in [0.25, 0.3) is 0 Å². The van der Waals surface area contributed by atoms with Gasteiger partial charge < -0.3 is 14.5 Å². The Kier molecular flexibility index (Phi) is 3.92. The van der Waals surface area contributed by atoms with E-state index in [0.717, 1.165) is 23.5 Å². The lowest BCUT2D eigenvalue weighted by Gasteiger charge is -2.24. The first kappa shape index (κ1) is 14.0. The lowest BCUT2D eigenvalue weighted by molar-refractivity contribution is -0.0561. The standard InChI is InChI=1S/C15H22N2O2/c1-10(11-7-6-8-16-11)12-9-15(2,3)13(17-12)14(18-4)19-5/h6-8,14,16H,9H2,1-5H3/b12-10-. The van der Waals surface area contributed by atoms with Crippen LogP contribution in [-0.2, 0) is 9.47 Å². The predicted molar refractivity (Wildman–Crippen MR) is 77.0 cm³/mol. The van der Waals surface area contributed by atoms with Crippen LogP contribution in [-0.4, -0.2) is 31.2 Å². The normalized spacial score (nSPS) is 20.8. The number of aromatic nitrogens is 1. The number of aromatic amines is 1. The van der Waals surface area contributed by atoms with Gasteiger partial charge in [0.05, 0.1) is 5.71 Å². The molecule has 0 amide bonds. The molecule has 0 spiro atoms. The minimum absolute atomic E-state index is 0.0418. The van der Waals surface area contributed by atoms with Crippen LogP contribution in [0.3, 0.4) is 0 Å². The molecule has 0 fully saturated rings. The summed E-state index contributed by atoms with van der Waals surface area (Å²) in [5.41, 5.74) is 4.31. The highest BCUT2D eigenvalue weighted by molar-refractivity contribution is 5.96. The van der Waals surface area contributed by atoms with Crippen molar-refractivity contribution in [2.75, 3.05) is 14.2 Å². The first-order valence-electron chi connectivity index (χ1n) is 6.47. The molecular formula is C15H22N2O2.